The Morgan fingerprint density at radius 1 is 1.27 bits per heavy atom. The molecule has 0 saturated carbocycles. The van der Waals surface area contributed by atoms with Crippen LogP contribution in [-0.2, 0) is 0 Å². The maximum absolute atomic E-state index is 4.04. The van der Waals surface area contributed by atoms with Gasteiger partial charge in [-0.3, -0.25) is 0 Å². The number of halogens is 2. The number of hydrogen-bond donors (Lipinski definition) is 0. The van der Waals surface area contributed by atoms with Crippen molar-refractivity contribution in [2.45, 2.75) is 0 Å². The third-order valence-corrected chi connectivity index (χ3v) is 5.02. The summed E-state index contributed by atoms with van der Waals surface area (Å²) < 4.78 is 7.49. The molecule has 0 spiro atoms. The summed E-state index contributed by atoms with van der Waals surface area (Å²) in [6.07, 6.45) is 0. The second-order valence-electron chi connectivity index (χ2n) is 1.98. The van der Waals surface area contributed by atoms with E-state index >= 15 is 0 Å². The first-order valence-corrected chi connectivity index (χ1v) is 5.78. The van der Waals surface area contributed by atoms with Gasteiger partial charge in [0.1, 0.15) is 5.52 Å². The zero-order chi connectivity index (χ0) is 7.84. The van der Waals surface area contributed by atoms with E-state index in [0.717, 1.165) is 10.2 Å². The molecule has 56 valence electrons. The fourth-order valence-electron chi connectivity index (χ4n) is 0.794. The second-order valence-corrected chi connectivity index (χ2v) is 5.01. The average molecular weight is 388 g/mol. The van der Waals surface area contributed by atoms with Crippen molar-refractivity contribution in [3.05, 3.63) is 19.3 Å². The van der Waals surface area contributed by atoms with Crippen molar-refractivity contribution in [3.8, 4) is 0 Å². The summed E-state index contributed by atoms with van der Waals surface area (Å²) in [6.45, 7) is 0. The van der Waals surface area contributed by atoms with Gasteiger partial charge in [0.05, 0.1) is 8.27 Å². The molecule has 0 bridgehead atoms. The molecule has 1 aromatic carbocycles. The van der Waals surface area contributed by atoms with Gasteiger partial charge >= 0.3 is 0 Å². The molecule has 0 fully saturated rings. The van der Waals surface area contributed by atoms with Crippen molar-refractivity contribution in [2.75, 3.05) is 0 Å². The molecular formula is C6H2I2N2S. The Kier molecular flexibility index (Phi) is 2.28. The fourth-order valence-corrected chi connectivity index (χ4v) is 2.56. The van der Waals surface area contributed by atoms with E-state index in [1.165, 1.54) is 18.7 Å². The number of rotatable bonds is 0. The molecule has 0 atom stereocenters. The van der Waals surface area contributed by atoms with Crippen molar-refractivity contribution in [1.29, 1.82) is 0 Å². The van der Waals surface area contributed by atoms with Gasteiger partial charge < -0.3 is 0 Å². The third-order valence-electron chi connectivity index (χ3n) is 1.31. The molecule has 0 amide bonds. The summed E-state index contributed by atoms with van der Waals surface area (Å²) in [6, 6.07) is 4.15. The van der Waals surface area contributed by atoms with Crippen molar-refractivity contribution in [2.24, 2.45) is 0 Å². The molecule has 2 rings (SSSR count). The maximum Gasteiger partial charge on any atom is 0.120 e. The molecule has 0 saturated heterocycles. The van der Waals surface area contributed by atoms with Gasteiger partial charge in [-0.05, 0) is 68.8 Å². The van der Waals surface area contributed by atoms with E-state index in [4.69, 9.17) is 0 Å². The minimum atomic E-state index is 1.03. The van der Waals surface area contributed by atoms with Crippen LogP contribution in [-0.4, -0.2) is 9.59 Å². The Morgan fingerprint density at radius 3 is 2.91 bits per heavy atom. The average Bonchev–Trinajstić information content (AvgIpc) is 2.45. The standard InChI is InChI=1S/C6H2I2N2S/c7-3-1-2-4-6(5(3)8)9-10-11-4/h1-2H. The summed E-state index contributed by atoms with van der Waals surface area (Å²) in [5.74, 6) is 0. The van der Waals surface area contributed by atoms with Crippen LogP contribution >= 0.6 is 56.7 Å². The lowest BCUT2D eigenvalue weighted by Gasteiger charge is -1.93. The molecule has 11 heavy (non-hydrogen) atoms. The highest BCUT2D eigenvalue weighted by molar-refractivity contribution is 14.1. The Balaban J connectivity index is 2.93. The van der Waals surface area contributed by atoms with Crippen LogP contribution in [0.25, 0.3) is 10.2 Å². The number of benzene rings is 1. The van der Waals surface area contributed by atoms with Gasteiger partial charge in [0.25, 0.3) is 0 Å². The van der Waals surface area contributed by atoms with Gasteiger partial charge in [0.15, 0.2) is 0 Å². The Labute approximate surface area is 94.8 Å². The number of nitrogens with zero attached hydrogens (tertiary/aromatic N) is 2. The van der Waals surface area contributed by atoms with Gasteiger partial charge in [-0.2, -0.15) is 0 Å². The molecular weight excluding hydrogens is 386 g/mol. The normalized spacial score (nSPS) is 10.7. The van der Waals surface area contributed by atoms with E-state index < -0.39 is 0 Å². The summed E-state index contributed by atoms with van der Waals surface area (Å²) in [5.41, 5.74) is 1.03. The molecule has 0 aliphatic carbocycles. The van der Waals surface area contributed by atoms with Crippen molar-refractivity contribution < 1.29 is 0 Å². The van der Waals surface area contributed by atoms with E-state index in [2.05, 4.69) is 66.9 Å². The maximum atomic E-state index is 4.04. The van der Waals surface area contributed by atoms with Crippen LogP contribution < -0.4 is 0 Å². The van der Waals surface area contributed by atoms with Crippen LogP contribution in [0, 0.1) is 7.14 Å². The van der Waals surface area contributed by atoms with Crippen LogP contribution in [0.5, 0.6) is 0 Å². The first kappa shape index (κ1) is 8.11. The molecule has 5 heteroatoms. The first-order valence-electron chi connectivity index (χ1n) is 2.85. The van der Waals surface area contributed by atoms with Crippen molar-refractivity contribution >= 4 is 66.9 Å². The third kappa shape index (κ3) is 1.37. The zero-order valence-electron chi connectivity index (χ0n) is 5.21. The lowest BCUT2D eigenvalue weighted by Crippen LogP contribution is -1.80. The molecule has 0 radical (unpaired) electrons. The number of aromatic nitrogens is 2. The predicted octanol–water partition coefficient (Wildman–Crippen LogP) is 2.90. The molecule has 2 aromatic rings. The quantitative estimate of drug-likeness (QED) is 0.649. The largest absolute Gasteiger partial charge is 0.137 e. The topological polar surface area (TPSA) is 25.8 Å². The van der Waals surface area contributed by atoms with Crippen LogP contribution in [0.3, 0.4) is 0 Å². The van der Waals surface area contributed by atoms with E-state index in [0.29, 0.717) is 0 Å². The Hall–Kier alpha value is 0.500. The summed E-state index contributed by atoms with van der Waals surface area (Å²) in [4.78, 5) is 0. The smallest absolute Gasteiger partial charge is 0.120 e. The van der Waals surface area contributed by atoms with Gasteiger partial charge in [0.2, 0.25) is 0 Å². The molecule has 0 aliphatic heterocycles. The summed E-state index contributed by atoms with van der Waals surface area (Å²) in [5, 5.41) is 4.04. The molecule has 1 heterocycles. The second kappa shape index (κ2) is 3.09. The van der Waals surface area contributed by atoms with Gasteiger partial charge in [-0.25, -0.2) is 0 Å². The van der Waals surface area contributed by atoms with Crippen LogP contribution in [0.15, 0.2) is 12.1 Å². The van der Waals surface area contributed by atoms with E-state index in [9.17, 15) is 0 Å². The molecule has 1 aromatic heterocycles. The van der Waals surface area contributed by atoms with Gasteiger partial charge in [0, 0.05) is 3.57 Å². The van der Waals surface area contributed by atoms with Crippen molar-refractivity contribution in [1.82, 2.24) is 9.59 Å². The molecule has 2 nitrogen and oxygen atoms in total. The monoisotopic (exact) mass is 388 g/mol. The lowest BCUT2D eigenvalue weighted by atomic mass is 10.3. The highest BCUT2D eigenvalue weighted by Crippen LogP contribution is 2.25. The van der Waals surface area contributed by atoms with E-state index in [-0.39, 0.29) is 0 Å². The summed E-state index contributed by atoms with van der Waals surface area (Å²) in [7, 11) is 0. The zero-order valence-corrected chi connectivity index (χ0v) is 10.3. The van der Waals surface area contributed by atoms with Crippen LogP contribution in [0.1, 0.15) is 0 Å². The van der Waals surface area contributed by atoms with Crippen molar-refractivity contribution in [3.63, 3.8) is 0 Å². The Morgan fingerprint density at radius 2 is 2.09 bits per heavy atom. The SMILES string of the molecule is Ic1ccc2snnc2c1I. The lowest BCUT2D eigenvalue weighted by molar-refractivity contribution is 1.19. The van der Waals surface area contributed by atoms with E-state index in [1.807, 2.05) is 0 Å². The van der Waals surface area contributed by atoms with Crippen LogP contribution in [0.4, 0.5) is 0 Å². The predicted molar refractivity (Wildman–Crippen MR) is 62.8 cm³/mol. The minimum Gasteiger partial charge on any atom is -0.137 e. The van der Waals surface area contributed by atoms with Gasteiger partial charge in [-0.15, -0.1) is 5.10 Å². The number of fused-ring (bicyclic) bond motifs is 1. The molecule has 0 N–H and O–H groups in total. The highest BCUT2D eigenvalue weighted by atomic mass is 127. The highest BCUT2D eigenvalue weighted by Gasteiger charge is 2.04. The number of hydrogen-bond acceptors (Lipinski definition) is 3. The molecule has 0 aliphatic rings. The summed E-state index contributed by atoms with van der Waals surface area (Å²) >= 11 is 6.04. The first-order chi connectivity index (χ1) is 5.29. The minimum absolute atomic E-state index is 1.03. The van der Waals surface area contributed by atoms with Gasteiger partial charge in [-0.1, -0.05) is 4.49 Å². The molecule has 0 unspecified atom stereocenters. The van der Waals surface area contributed by atoms with E-state index in [1.54, 1.807) is 0 Å². The van der Waals surface area contributed by atoms with Crippen LogP contribution in [0.2, 0.25) is 0 Å². The fraction of sp³-hybridized carbons (Fsp3) is 0. The Bertz CT molecular complexity index is 398.